The van der Waals surface area contributed by atoms with E-state index in [1.54, 1.807) is 19.1 Å². The topological polar surface area (TPSA) is 143 Å². The van der Waals surface area contributed by atoms with Crippen molar-refractivity contribution < 1.29 is 24.6 Å². The van der Waals surface area contributed by atoms with E-state index in [0.29, 0.717) is 24.8 Å². The summed E-state index contributed by atoms with van der Waals surface area (Å²) in [6, 6.07) is 3.17. The summed E-state index contributed by atoms with van der Waals surface area (Å²) in [5.41, 5.74) is 2.53. The average Bonchev–Trinajstić information content (AvgIpc) is 2.55. The van der Waals surface area contributed by atoms with Gasteiger partial charge in [0.2, 0.25) is 0 Å². The second-order valence-electron chi connectivity index (χ2n) is 4.80. The van der Waals surface area contributed by atoms with E-state index in [9.17, 15) is 14.4 Å². The molecule has 0 saturated carbocycles. The van der Waals surface area contributed by atoms with Crippen LogP contribution >= 0.6 is 0 Å². The molecule has 5 N–H and O–H groups in total. The molecule has 8 heteroatoms. The Morgan fingerprint density at radius 2 is 1.65 bits per heavy atom. The van der Waals surface area contributed by atoms with Gasteiger partial charge in [0.05, 0.1) is 11.8 Å². The lowest BCUT2D eigenvalue weighted by Crippen LogP contribution is -2.29. The van der Waals surface area contributed by atoms with Gasteiger partial charge in [0, 0.05) is 18.0 Å². The lowest BCUT2D eigenvalue weighted by molar-refractivity contribution is -0.154. The van der Waals surface area contributed by atoms with E-state index < -0.39 is 23.8 Å². The van der Waals surface area contributed by atoms with E-state index in [2.05, 4.69) is 4.98 Å². The van der Waals surface area contributed by atoms with E-state index in [4.69, 9.17) is 16.1 Å². The average molecular weight is 325 g/mol. The highest BCUT2D eigenvalue weighted by Gasteiger charge is 2.31. The number of amides is 1. The van der Waals surface area contributed by atoms with Gasteiger partial charge >= 0.3 is 11.9 Å². The van der Waals surface area contributed by atoms with Crippen LogP contribution in [0.5, 0.6) is 0 Å². The lowest BCUT2D eigenvalue weighted by atomic mass is 9.87. The van der Waals surface area contributed by atoms with Crippen LogP contribution in [0.15, 0.2) is 24.5 Å². The number of nitrogens with one attached hydrogen (secondary N) is 1. The van der Waals surface area contributed by atoms with Crippen LogP contribution in [0.25, 0.3) is 0 Å². The van der Waals surface area contributed by atoms with E-state index in [1.165, 1.54) is 12.4 Å². The predicted molar refractivity (Wildman–Crippen MR) is 83.3 cm³/mol. The van der Waals surface area contributed by atoms with Gasteiger partial charge in [-0.15, -0.1) is 0 Å². The molecular weight excluding hydrogens is 302 g/mol. The molecule has 0 spiro atoms. The zero-order chi connectivity index (χ0) is 17.8. The number of hydrazine groups is 1. The molecule has 1 aromatic heterocycles. The first-order valence-corrected chi connectivity index (χ1v) is 7.25. The third-order valence-electron chi connectivity index (χ3n) is 3.23. The number of nitrogens with two attached hydrogens (primary N) is 1. The monoisotopic (exact) mass is 325 g/mol. The van der Waals surface area contributed by atoms with Gasteiger partial charge in [0.25, 0.3) is 5.91 Å². The van der Waals surface area contributed by atoms with Gasteiger partial charge in [-0.05, 0) is 25.0 Å². The smallest absolute Gasteiger partial charge is 0.307 e. The number of aliphatic carboxylic acids is 2. The third-order valence-corrected chi connectivity index (χ3v) is 3.23. The summed E-state index contributed by atoms with van der Waals surface area (Å²) in [5, 5.41) is 17.5. The third kappa shape index (κ3) is 7.37. The molecule has 0 aliphatic carbocycles. The van der Waals surface area contributed by atoms with Gasteiger partial charge < -0.3 is 10.2 Å². The zero-order valence-corrected chi connectivity index (χ0v) is 13.2. The molecule has 0 radical (unpaired) electrons. The van der Waals surface area contributed by atoms with Crippen molar-refractivity contribution >= 4 is 17.8 Å². The molecular formula is C15H23N3O5. The fraction of sp³-hybridized carbons (Fsp3) is 0.467. The van der Waals surface area contributed by atoms with Gasteiger partial charge in [-0.25, -0.2) is 5.84 Å². The van der Waals surface area contributed by atoms with Crippen molar-refractivity contribution in [3.63, 3.8) is 0 Å². The highest BCUT2D eigenvalue weighted by Crippen LogP contribution is 2.21. The molecule has 0 aliphatic rings. The summed E-state index contributed by atoms with van der Waals surface area (Å²) in [6.45, 7) is 3.55. The fourth-order valence-corrected chi connectivity index (χ4v) is 2.03. The minimum Gasteiger partial charge on any atom is -0.481 e. The number of hydrogen-bond donors (Lipinski definition) is 4. The lowest BCUT2D eigenvalue weighted by Gasteiger charge is -2.17. The SMILES string of the molecule is CCCC(C(=O)O)C(CC)C(=O)O.NNC(=O)c1ccncc1. The molecule has 2 unspecified atom stereocenters. The zero-order valence-electron chi connectivity index (χ0n) is 13.2. The van der Waals surface area contributed by atoms with Crippen LogP contribution in [0, 0.1) is 11.8 Å². The Morgan fingerprint density at radius 1 is 1.13 bits per heavy atom. The first-order valence-electron chi connectivity index (χ1n) is 7.25. The Kier molecular flexibility index (Phi) is 9.94. The number of nitrogen functional groups attached to an aromatic ring is 1. The molecule has 1 aromatic rings. The molecule has 8 nitrogen and oxygen atoms in total. The predicted octanol–water partition coefficient (Wildman–Crippen LogP) is 1.28. The van der Waals surface area contributed by atoms with Crippen LogP contribution < -0.4 is 11.3 Å². The van der Waals surface area contributed by atoms with Gasteiger partial charge in [-0.3, -0.25) is 24.8 Å². The first kappa shape index (κ1) is 20.5. The van der Waals surface area contributed by atoms with Crippen molar-refractivity contribution in [3.8, 4) is 0 Å². The molecule has 23 heavy (non-hydrogen) atoms. The highest BCUT2D eigenvalue weighted by molar-refractivity contribution is 5.93. The number of hydrogen-bond acceptors (Lipinski definition) is 5. The van der Waals surface area contributed by atoms with Crippen molar-refractivity contribution in [2.75, 3.05) is 0 Å². The van der Waals surface area contributed by atoms with E-state index in [1.807, 2.05) is 12.3 Å². The summed E-state index contributed by atoms with van der Waals surface area (Å²) in [5.74, 6) is 1.07. The van der Waals surface area contributed by atoms with Crippen molar-refractivity contribution in [2.24, 2.45) is 17.7 Å². The summed E-state index contributed by atoms with van der Waals surface area (Å²) in [6.07, 6.45) is 4.56. The van der Waals surface area contributed by atoms with E-state index >= 15 is 0 Å². The molecule has 0 aliphatic heterocycles. The molecule has 0 fully saturated rings. The number of pyridine rings is 1. The number of nitrogens with zero attached hydrogens (tertiary/aromatic N) is 1. The van der Waals surface area contributed by atoms with Crippen molar-refractivity contribution in [1.29, 1.82) is 0 Å². The maximum Gasteiger partial charge on any atom is 0.307 e. The highest BCUT2D eigenvalue weighted by atomic mass is 16.4. The Labute approximate surface area is 134 Å². The summed E-state index contributed by atoms with van der Waals surface area (Å²) >= 11 is 0. The molecule has 1 heterocycles. The molecule has 2 atom stereocenters. The first-order chi connectivity index (χ1) is 10.9. The van der Waals surface area contributed by atoms with Crippen molar-refractivity contribution in [2.45, 2.75) is 33.1 Å². The number of carboxylic acids is 2. The van der Waals surface area contributed by atoms with Gasteiger partial charge in [-0.2, -0.15) is 0 Å². The Hall–Kier alpha value is -2.48. The number of carboxylic acid groups (broad SMARTS) is 2. The Bertz CT molecular complexity index is 507. The number of rotatable bonds is 7. The van der Waals surface area contributed by atoms with E-state index in [0.717, 1.165) is 0 Å². The number of carbonyl (C=O) groups is 3. The van der Waals surface area contributed by atoms with Crippen LogP contribution in [0.2, 0.25) is 0 Å². The molecule has 128 valence electrons. The van der Waals surface area contributed by atoms with E-state index in [-0.39, 0.29) is 5.91 Å². The van der Waals surface area contributed by atoms with Crippen LogP contribution in [-0.4, -0.2) is 33.0 Å². The van der Waals surface area contributed by atoms with Crippen molar-refractivity contribution in [3.05, 3.63) is 30.1 Å². The van der Waals surface area contributed by atoms with Crippen LogP contribution in [-0.2, 0) is 9.59 Å². The van der Waals surface area contributed by atoms with Crippen LogP contribution in [0.4, 0.5) is 0 Å². The molecule has 1 amide bonds. The minimum atomic E-state index is -1.01. The van der Waals surface area contributed by atoms with Crippen molar-refractivity contribution in [1.82, 2.24) is 10.4 Å². The molecule has 0 saturated heterocycles. The Balaban J connectivity index is 0.000000433. The second kappa shape index (κ2) is 11.1. The standard InChI is InChI=1S/C9H16O4.C6H7N3O/c1-3-5-7(9(12)13)6(4-2)8(10)11;7-9-6(10)5-1-3-8-4-2-5/h6-7H,3-5H2,1-2H3,(H,10,11)(H,12,13);1-4H,7H2,(H,9,10). The summed E-state index contributed by atoms with van der Waals surface area (Å²) in [7, 11) is 0. The maximum atomic E-state index is 10.7. The molecule has 1 rings (SSSR count). The normalized spacial score (nSPS) is 12.3. The van der Waals surface area contributed by atoms with Crippen LogP contribution in [0.1, 0.15) is 43.5 Å². The fourth-order valence-electron chi connectivity index (χ4n) is 2.03. The van der Waals surface area contributed by atoms with Gasteiger partial charge in [-0.1, -0.05) is 20.3 Å². The van der Waals surface area contributed by atoms with Gasteiger partial charge in [0.15, 0.2) is 0 Å². The quantitative estimate of drug-likeness (QED) is 0.336. The van der Waals surface area contributed by atoms with Gasteiger partial charge in [0.1, 0.15) is 0 Å². The second-order valence-corrected chi connectivity index (χ2v) is 4.80. The largest absolute Gasteiger partial charge is 0.481 e. The summed E-state index contributed by atoms with van der Waals surface area (Å²) < 4.78 is 0. The summed E-state index contributed by atoms with van der Waals surface area (Å²) in [4.78, 5) is 35.9. The van der Waals surface area contributed by atoms with Crippen LogP contribution in [0.3, 0.4) is 0 Å². The molecule has 0 aromatic carbocycles. The minimum absolute atomic E-state index is 0.303. The maximum absolute atomic E-state index is 10.7. The number of aromatic nitrogens is 1. The number of carbonyl (C=O) groups excluding carboxylic acids is 1. The molecule has 0 bridgehead atoms. The Morgan fingerprint density at radius 3 is 2.00 bits per heavy atom.